The lowest BCUT2D eigenvalue weighted by Crippen LogP contribution is -2.28. The Bertz CT molecular complexity index is 1370. The van der Waals surface area contributed by atoms with Crippen molar-refractivity contribution >= 4 is 43.4 Å². The van der Waals surface area contributed by atoms with E-state index in [0.29, 0.717) is 27.4 Å². The molecule has 0 aliphatic rings. The number of nitrogens with zero attached hydrogens (tertiary/aromatic N) is 4. The average molecular weight is 457 g/mol. The van der Waals surface area contributed by atoms with Gasteiger partial charge in [-0.05, 0) is 54.9 Å². The number of aryl methyl sites for hydroxylation is 1. The summed E-state index contributed by atoms with van der Waals surface area (Å²) in [7, 11) is -2.76. The number of ether oxygens (including phenoxy) is 1. The predicted octanol–water partition coefficient (Wildman–Crippen LogP) is 3.71. The minimum Gasteiger partial charge on any atom is -0.478 e. The molecule has 4 rings (SSSR count). The van der Waals surface area contributed by atoms with E-state index < -0.39 is 16.0 Å². The molecule has 3 aromatic heterocycles. The predicted molar refractivity (Wildman–Crippen MR) is 115 cm³/mol. The lowest BCUT2D eigenvalue weighted by molar-refractivity contribution is 0.0697. The summed E-state index contributed by atoms with van der Waals surface area (Å²) in [5, 5.41) is 10.0. The number of carbonyl (C=O) groups is 1. The number of pyridine rings is 2. The molecular formula is C20H16N4O5S2. The Kier molecular flexibility index (Phi) is 5.29. The SMILES string of the molecule is Cc1nsc2ncc(C(=O)O)c(N(C)S(=O)(=O)c3ccc(Oc4ccncc4)cc3)c12. The van der Waals surface area contributed by atoms with Crippen molar-refractivity contribution in [3.05, 3.63) is 66.2 Å². The average Bonchev–Trinajstić information content (AvgIpc) is 3.14. The highest BCUT2D eigenvalue weighted by atomic mass is 32.2. The van der Waals surface area contributed by atoms with Gasteiger partial charge in [0.15, 0.2) is 0 Å². The smallest absolute Gasteiger partial charge is 0.339 e. The van der Waals surface area contributed by atoms with Crippen molar-refractivity contribution in [1.82, 2.24) is 14.3 Å². The fourth-order valence-corrected chi connectivity index (χ4v) is 5.00. The molecule has 0 saturated heterocycles. The van der Waals surface area contributed by atoms with Crippen LogP contribution in [0.5, 0.6) is 11.5 Å². The van der Waals surface area contributed by atoms with Gasteiger partial charge in [-0.2, -0.15) is 4.37 Å². The summed E-state index contributed by atoms with van der Waals surface area (Å²) >= 11 is 1.08. The van der Waals surface area contributed by atoms with Crippen molar-refractivity contribution in [2.24, 2.45) is 0 Å². The second-order valence-electron chi connectivity index (χ2n) is 6.50. The number of fused-ring (bicyclic) bond motifs is 1. The number of benzene rings is 1. The third kappa shape index (κ3) is 3.80. The molecule has 0 fully saturated rings. The summed E-state index contributed by atoms with van der Waals surface area (Å²) in [5.74, 6) is -0.269. The number of hydrogen-bond donors (Lipinski definition) is 1. The quantitative estimate of drug-likeness (QED) is 0.466. The maximum atomic E-state index is 13.3. The van der Waals surface area contributed by atoms with E-state index in [9.17, 15) is 18.3 Å². The second kappa shape index (κ2) is 7.93. The van der Waals surface area contributed by atoms with Crippen molar-refractivity contribution in [1.29, 1.82) is 0 Å². The van der Waals surface area contributed by atoms with Gasteiger partial charge in [-0.1, -0.05) is 0 Å². The first-order valence-electron chi connectivity index (χ1n) is 8.94. The van der Waals surface area contributed by atoms with Gasteiger partial charge in [0.1, 0.15) is 21.9 Å². The highest BCUT2D eigenvalue weighted by molar-refractivity contribution is 7.92. The highest BCUT2D eigenvalue weighted by Gasteiger charge is 2.29. The van der Waals surface area contributed by atoms with Gasteiger partial charge in [-0.3, -0.25) is 9.29 Å². The molecule has 0 aliphatic carbocycles. The van der Waals surface area contributed by atoms with Crippen LogP contribution >= 0.6 is 11.5 Å². The van der Waals surface area contributed by atoms with Crippen molar-refractivity contribution in [3.63, 3.8) is 0 Å². The summed E-state index contributed by atoms with van der Waals surface area (Å²) in [6.45, 7) is 1.68. The Balaban J connectivity index is 1.73. The Hall–Kier alpha value is -3.57. The molecule has 0 saturated carbocycles. The van der Waals surface area contributed by atoms with Gasteiger partial charge in [-0.15, -0.1) is 0 Å². The molecule has 11 heteroatoms. The number of sulfonamides is 1. The van der Waals surface area contributed by atoms with Crippen LogP contribution in [0, 0.1) is 6.92 Å². The van der Waals surface area contributed by atoms with Crippen LogP contribution in [-0.2, 0) is 10.0 Å². The number of rotatable bonds is 6. The van der Waals surface area contributed by atoms with Crippen LogP contribution < -0.4 is 9.04 Å². The Morgan fingerprint density at radius 1 is 1.10 bits per heavy atom. The molecule has 9 nitrogen and oxygen atoms in total. The molecule has 1 N–H and O–H groups in total. The molecule has 0 atom stereocenters. The maximum absolute atomic E-state index is 13.3. The number of aromatic nitrogens is 3. The number of anilines is 1. The van der Waals surface area contributed by atoms with E-state index in [0.717, 1.165) is 22.0 Å². The lowest BCUT2D eigenvalue weighted by atomic mass is 10.1. The zero-order valence-corrected chi connectivity index (χ0v) is 18.0. The third-order valence-electron chi connectivity index (χ3n) is 4.56. The van der Waals surface area contributed by atoms with E-state index in [1.807, 2.05) is 0 Å². The zero-order chi connectivity index (χ0) is 22.2. The summed E-state index contributed by atoms with van der Waals surface area (Å²) in [4.78, 5) is 20.2. The second-order valence-corrected chi connectivity index (χ2v) is 9.22. The molecule has 31 heavy (non-hydrogen) atoms. The van der Waals surface area contributed by atoms with E-state index in [4.69, 9.17) is 4.74 Å². The zero-order valence-electron chi connectivity index (χ0n) is 16.4. The maximum Gasteiger partial charge on any atom is 0.339 e. The fourth-order valence-electron chi connectivity index (χ4n) is 3.02. The number of aromatic carboxylic acids is 1. The molecule has 0 bridgehead atoms. The first-order valence-corrected chi connectivity index (χ1v) is 11.2. The third-order valence-corrected chi connectivity index (χ3v) is 7.18. The Morgan fingerprint density at radius 3 is 2.39 bits per heavy atom. The summed E-state index contributed by atoms with van der Waals surface area (Å²) in [5.41, 5.74) is 0.314. The van der Waals surface area contributed by atoms with Crippen LogP contribution in [-0.4, -0.2) is 40.9 Å². The van der Waals surface area contributed by atoms with Crippen molar-refractivity contribution < 1.29 is 23.1 Å². The molecule has 4 aromatic rings. The van der Waals surface area contributed by atoms with Gasteiger partial charge < -0.3 is 9.84 Å². The Morgan fingerprint density at radius 2 is 1.74 bits per heavy atom. The number of carboxylic acids is 1. The molecule has 0 aliphatic heterocycles. The molecule has 0 radical (unpaired) electrons. The minimum atomic E-state index is -4.07. The normalized spacial score (nSPS) is 11.4. The largest absolute Gasteiger partial charge is 0.478 e. The molecule has 158 valence electrons. The van der Waals surface area contributed by atoms with E-state index in [1.54, 1.807) is 31.5 Å². The summed E-state index contributed by atoms with van der Waals surface area (Å²) in [6.07, 6.45) is 4.31. The van der Waals surface area contributed by atoms with Crippen molar-refractivity contribution in [2.75, 3.05) is 11.4 Å². The van der Waals surface area contributed by atoms with Crippen LogP contribution in [0.1, 0.15) is 16.1 Å². The van der Waals surface area contributed by atoms with Gasteiger partial charge in [0.25, 0.3) is 10.0 Å². The Labute approximate surface area is 181 Å². The van der Waals surface area contributed by atoms with E-state index >= 15 is 0 Å². The lowest BCUT2D eigenvalue weighted by Gasteiger charge is -2.22. The van der Waals surface area contributed by atoms with Crippen LogP contribution in [0.2, 0.25) is 0 Å². The number of hydrogen-bond acceptors (Lipinski definition) is 8. The first kappa shape index (κ1) is 20.7. The summed E-state index contributed by atoms with van der Waals surface area (Å²) < 4.78 is 37.4. The standard InChI is InChI=1S/C20H16N4O5S2/c1-12-17-18(16(20(25)26)11-22-19(17)30-23-12)24(2)31(27,28)15-5-3-13(4-6-15)29-14-7-9-21-10-8-14/h3-11H,1-2H3,(H,25,26). The molecular weight excluding hydrogens is 440 g/mol. The minimum absolute atomic E-state index is 0.0146. The van der Waals surface area contributed by atoms with Gasteiger partial charge >= 0.3 is 5.97 Å². The van der Waals surface area contributed by atoms with Gasteiger partial charge in [0.05, 0.1) is 21.7 Å². The van der Waals surface area contributed by atoms with Crippen molar-refractivity contribution in [2.45, 2.75) is 11.8 Å². The number of carboxylic acid groups (broad SMARTS) is 1. The fraction of sp³-hybridized carbons (Fsp3) is 0.100. The van der Waals surface area contributed by atoms with E-state index in [-0.39, 0.29) is 16.1 Å². The summed E-state index contributed by atoms with van der Waals surface area (Å²) in [6, 6.07) is 9.22. The molecule has 1 aromatic carbocycles. The van der Waals surface area contributed by atoms with Gasteiger partial charge in [-0.25, -0.2) is 18.2 Å². The first-order chi connectivity index (χ1) is 14.8. The topological polar surface area (TPSA) is 123 Å². The van der Waals surface area contributed by atoms with E-state index in [2.05, 4.69) is 14.3 Å². The van der Waals surface area contributed by atoms with Crippen LogP contribution in [0.3, 0.4) is 0 Å². The molecule has 3 heterocycles. The van der Waals surface area contributed by atoms with Gasteiger partial charge in [0.2, 0.25) is 0 Å². The van der Waals surface area contributed by atoms with Crippen LogP contribution in [0.25, 0.3) is 10.2 Å². The van der Waals surface area contributed by atoms with Gasteiger partial charge in [0, 0.05) is 25.6 Å². The van der Waals surface area contributed by atoms with Crippen LogP contribution in [0.4, 0.5) is 5.69 Å². The van der Waals surface area contributed by atoms with Crippen LogP contribution in [0.15, 0.2) is 59.9 Å². The molecule has 0 amide bonds. The molecule has 0 spiro atoms. The van der Waals surface area contributed by atoms with Crippen molar-refractivity contribution in [3.8, 4) is 11.5 Å². The monoisotopic (exact) mass is 456 g/mol. The van der Waals surface area contributed by atoms with E-state index in [1.165, 1.54) is 31.3 Å². The highest BCUT2D eigenvalue weighted by Crippen LogP contribution is 2.36. The molecule has 0 unspecified atom stereocenters.